The Hall–Kier alpha value is -2.36. The Morgan fingerprint density at radius 2 is 1.90 bits per heavy atom. The number of rotatable bonds is 7. The summed E-state index contributed by atoms with van der Waals surface area (Å²) in [6.07, 6.45) is 1.41. The zero-order chi connectivity index (χ0) is 22.4. The molecule has 3 rings (SSSR count). The van der Waals surface area contributed by atoms with Crippen molar-refractivity contribution in [2.24, 2.45) is 5.10 Å². The summed E-state index contributed by atoms with van der Waals surface area (Å²) in [4.78, 5) is 12.3. The topological polar surface area (TPSA) is 59.9 Å². The van der Waals surface area contributed by atoms with E-state index in [0.29, 0.717) is 22.4 Å². The van der Waals surface area contributed by atoms with Gasteiger partial charge in [-0.2, -0.15) is 5.10 Å². The molecule has 0 fully saturated rings. The number of methoxy groups -OCH3 is 1. The molecule has 0 saturated carbocycles. The van der Waals surface area contributed by atoms with Gasteiger partial charge in [-0.25, -0.2) is 9.82 Å². The van der Waals surface area contributed by atoms with Crippen LogP contribution in [0.25, 0.3) is 0 Å². The molecule has 0 spiro atoms. The number of ether oxygens (including phenoxy) is 2. The standard InChI is InChI=1S/C22H16Cl2FIN2O3/c1-30-20-10-15(5-6-19(20)26)22(29)28-27-11-14-8-17(23)21(18(24)9-14)31-12-13-3-2-4-16(25)7-13/h2-11H,12H2,1H3,(H,28,29)/b27-11-. The average Bonchev–Trinajstić information content (AvgIpc) is 2.73. The molecule has 0 atom stereocenters. The molecule has 0 saturated heterocycles. The Labute approximate surface area is 202 Å². The van der Waals surface area contributed by atoms with Crippen LogP contribution in [0.4, 0.5) is 4.39 Å². The number of hydrazone groups is 1. The van der Waals surface area contributed by atoms with Crippen LogP contribution in [0.5, 0.6) is 11.5 Å². The fraction of sp³-hybridized carbons (Fsp3) is 0.0909. The summed E-state index contributed by atoms with van der Waals surface area (Å²) in [5.41, 5.74) is 4.06. The maximum Gasteiger partial charge on any atom is 0.271 e. The van der Waals surface area contributed by atoms with Crippen molar-refractivity contribution in [2.75, 3.05) is 7.11 Å². The van der Waals surface area contributed by atoms with Gasteiger partial charge in [0, 0.05) is 5.56 Å². The number of nitrogens with zero attached hydrogens (tertiary/aromatic N) is 1. The minimum Gasteiger partial charge on any atom is -0.496 e. The summed E-state index contributed by atoms with van der Waals surface area (Å²) < 4.78 is 25.0. The molecule has 9 heteroatoms. The summed E-state index contributed by atoms with van der Waals surface area (Å²) in [7, 11) is 1.54. The Bertz CT molecular complexity index is 1120. The molecular formula is C22H16Cl2FIN2O3. The lowest BCUT2D eigenvalue weighted by Gasteiger charge is -2.11. The number of benzene rings is 3. The van der Waals surface area contributed by atoms with Gasteiger partial charge in [0.2, 0.25) is 0 Å². The molecule has 0 radical (unpaired) electrons. The first-order chi connectivity index (χ1) is 14.9. The fourth-order valence-corrected chi connectivity index (χ4v) is 3.77. The van der Waals surface area contributed by atoms with E-state index in [1.165, 1.54) is 25.5 Å². The summed E-state index contributed by atoms with van der Waals surface area (Å²) in [5.74, 6) is 0.137. The lowest BCUT2D eigenvalue weighted by molar-refractivity contribution is 0.0954. The molecule has 3 aromatic rings. The molecule has 0 aliphatic rings. The molecular weight excluding hydrogens is 557 g/mol. The summed E-state index contributed by atoms with van der Waals surface area (Å²) in [5, 5.41) is 4.47. The molecule has 1 N–H and O–H groups in total. The highest BCUT2D eigenvalue weighted by Gasteiger charge is 2.11. The second kappa shape index (κ2) is 10.8. The first-order valence-electron chi connectivity index (χ1n) is 8.90. The number of amides is 1. The molecule has 0 bridgehead atoms. The lowest BCUT2D eigenvalue weighted by atomic mass is 10.2. The van der Waals surface area contributed by atoms with Crippen LogP contribution in [-0.4, -0.2) is 19.2 Å². The van der Waals surface area contributed by atoms with E-state index in [1.54, 1.807) is 42.5 Å². The van der Waals surface area contributed by atoms with E-state index < -0.39 is 5.91 Å². The third kappa shape index (κ3) is 6.32. The first-order valence-corrected chi connectivity index (χ1v) is 10.7. The average molecular weight is 573 g/mol. The van der Waals surface area contributed by atoms with E-state index in [-0.39, 0.29) is 28.2 Å². The van der Waals surface area contributed by atoms with Crippen LogP contribution in [0.15, 0.2) is 59.7 Å². The van der Waals surface area contributed by atoms with Gasteiger partial charge in [-0.15, -0.1) is 0 Å². The lowest BCUT2D eigenvalue weighted by Crippen LogP contribution is -2.17. The van der Waals surface area contributed by atoms with Crippen molar-refractivity contribution in [3.05, 3.63) is 90.7 Å². The second-order valence-electron chi connectivity index (χ2n) is 6.28. The molecule has 31 heavy (non-hydrogen) atoms. The van der Waals surface area contributed by atoms with Crippen molar-refractivity contribution in [3.8, 4) is 11.5 Å². The zero-order valence-corrected chi connectivity index (χ0v) is 19.8. The van der Waals surface area contributed by atoms with Crippen molar-refractivity contribution in [3.63, 3.8) is 0 Å². The minimum absolute atomic E-state index is 0.111. The zero-order valence-electron chi connectivity index (χ0n) is 16.2. The maximum atomic E-state index is 13.3. The third-order valence-electron chi connectivity index (χ3n) is 4.09. The van der Waals surface area contributed by atoms with Crippen LogP contribution in [0.3, 0.4) is 0 Å². The number of carbonyl (C=O) groups is 1. The Morgan fingerprint density at radius 3 is 2.58 bits per heavy atom. The van der Waals surface area contributed by atoms with Gasteiger partial charge in [0.15, 0.2) is 5.75 Å². The molecule has 0 aliphatic heterocycles. The molecule has 160 valence electrons. The van der Waals surface area contributed by atoms with Gasteiger partial charge >= 0.3 is 0 Å². The number of hydrogen-bond donors (Lipinski definition) is 1. The normalized spacial score (nSPS) is 10.9. The highest BCUT2D eigenvalue weighted by Crippen LogP contribution is 2.34. The van der Waals surface area contributed by atoms with Crippen LogP contribution in [0.2, 0.25) is 10.0 Å². The van der Waals surface area contributed by atoms with Gasteiger partial charge in [-0.3, -0.25) is 4.79 Å². The molecule has 0 heterocycles. The molecule has 0 aliphatic carbocycles. The highest BCUT2D eigenvalue weighted by atomic mass is 127. The number of carbonyl (C=O) groups excluding carboxylic acids is 1. The van der Waals surface area contributed by atoms with Gasteiger partial charge in [-0.1, -0.05) is 35.3 Å². The van der Waals surface area contributed by atoms with Crippen molar-refractivity contribution >= 4 is 57.9 Å². The maximum absolute atomic E-state index is 13.3. The quantitative estimate of drug-likeness (QED) is 0.212. The predicted octanol–water partition coefficient (Wildman–Crippen LogP) is 6.09. The monoisotopic (exact) mass is 572 g/mol. The highest BCUT2D eigenvalue weighted by molar-refractivity contribution is 14.1. The number of halogens is 4. The van der Waals surface area contributed by atoms with Crippen LogP contribution in [0, 0.1) is 9.39 Å². The smallest absolute Gasteiger partial charge is 0.271 e. The second-order valence-corrected chi connectivity index (χ2v) is 8.26. The van der Waals surface area contributed by atoms with Gasteiger partial charge in [0.1, 0.15) is 18.2 Å². The third-order valence-corrected chi connectivity index (χ3v) is 5.54. The summed E-state index contributed by atoms with van der Waals surface area (Å²) >= 11 is 14.7. The van der Waals surface area contributed by atoms with Crippen LogP contribution in [0.1, 0.15) is 21.5 Å². The minimum atomic E-state index is -0.391. The van der Waals surface area contributed by atoms with E-state index in [2.05, 4.69) is 33.1 Å². The predicted molar refractivity (Wildman–Crippen MR) is 128 cm³/mol. The van der Waals surface area contributed by atoms with E-state index in [1.807, 2.05) is 0 Å². The molecule has 0 aromatic heterocycles. The first kappa shape index (κ1) is 23.3. The Morgan fingerprint density at radius 1 is 1.16 bits per heavy atom. The van der Waals surface area contributed by atoms with Crippen LogP contribution >= 0.6 is 45.8 Å². The Balaban J connectivity index is 1.65. The number of nitrogens with one attached hydrogen (secondary N) is 1. The molecule has 5 nitrogen and oxygen atoms in total. The van der Waals surface area contributed by atoms with Gasteiger partial charge in [0.05, 0.1) is 26.9 Å². The summed E-state index contributed by atoms with van der Waals surface area (Å²) in [6, 6.07) is 14.3. The Kier molecular flexibility index (Phi) is 8.11. The van der Waals surface area contributed by atoms with Crippen molar-refractivity contribution in [2.45, 2.75) is 6.61 Å². The molecule has 3 aromatic carbocycles. The van der Waals surface area contributed by atoms with Gasteiger partial charge in [-0.05, 0) is 76.2 Å². The molecule has 0 unspecified atom stereocenters. The van der Waals surface area contributed by atoms with Crippen molar-refractivity contribution in [1.29, 1.82) is 0 Å². The van der Waals surface area contributed by atoms with Gasteiger partial charge in [0.25, 0.3) is 5.91 Å². The van der Waals surface area contributed by atoms with E-state index in [9.17, 15) is 9.18 Å². The van der Waals surface area contributed by atoms with Crippen LogP contribution < -0.4 is 14.9 Å². The molecule has 1 amide bonds. The van der Waals surface area contributed by atoms with E-state index >= 15 is 0 Å². The SMILES string of the molecule is COc1cc(C(=O)N/N=C\c2cc(Cl)c(OCc3cccc(F)c3)c(Cl)c2)ccc1I. The largest absolute Gasteiger partial charge is 0.496 e. The fourth-order valence-electron chi connectivity index (χ4n) is 2.61. The van der Waals surface area contributed by atoms with Crippen molar-refractivity contribution in [1.82, 2.24) is 5.43 Å². The number of hydrogen-bond acceptors (Lipinski definition) is 4. The van der Waals surface area contributed by atoms with Crippen molar-refractivity contribution < 1.29 is 18.7 Å². The summed E-state index contributed by atoms with van der Waals surface area (Å²) in [6.45, 7) is 0.111. The van der Waals surface area contributed by atoms with Crippen LogP contribution in [-0.2, 0) is 6.61 Å². The van der Waals surface area contributed by atoms with E-state index in [4.69, 9.17) is 32.7 Å². The van der Waals surface area contributed by atoms with E-state index in [0.717, 1.165) is 3.57 Å². The van der Waals surface area contributed by atoms with Gasteiger partial charge < -0.3 is 9.47 Å².